The number of hydrogen-bond donors (Lipinski definition) is 2. The molecule has 2 N–H and O–H groups in total. The Balaban J connectivity index is 0.00000420. The lowest BCUT2D eigenvalue weighted by Crippen LogP contribution is -2.38. The summed E-state index contributed by atoms with van der Waals surface area (Å²) < 4.78 is 1.85. The van der Waals surface area contributed by atoms with E-state index in [1.165, 1.54) is 25.9 Å². The fraction of sp³-hybridized carbons (Fsp3) is 0.727. The van der Waals surface area contributed by atoms with Gasteiger partial charge in [-0.05, 0) is 77.6 Å². The second kappa shape index (κ2) is 14.8. The van der Waals surface area contributed by atoms with Crippen LogP contribution in [-0.4, -0.2) is 54.7 Å². The van der Waals surface area contributed by atoms with Gasteiger partial charge in [0.15, 0.2) is 5.96 Å². The van der Waals surface area contributed by atoms with Crippen molar-refractivity contribution in [3.8, 4) is 0 Å². The quantitative estimate of drug-likeness (QED) is 0.217. The van der Waals surface area contributed by atoms with Crippen molar-refractivity contribution in [3.05, 3.63) is 34.2 Å². The number of rotatable bonds is 10. The molecule has 2 heterocycles. The Bertz CT molecular complexity index is 653. The third kappa shape index (κ3) is 9.98. The number of aryl methyl sites for hydroxylation is 1. The average Bonchev–Trinajstić information content (AvgIpc) is 2.68. The van der Waals surface area contributed by atoms with E-state index >= 15 is 0 Å². The molecule has 0 saturated carbocycles. The van der Waals surface area contributed by atoms with E-state index in [0.717, 1.165) is 69.6 Å². The van der Waals surface area contributed by atoms with Gasteiger partial charge in [0.2, 0.25) is 0 Å². The van der Waals surface area contributed by atoms with Crippen molar-refractivity contribution >= 4 is 29.9 Å². The fourth-order valence-electron chi connectivity index (χ4n) is 3.62. The summed E-state index contributed by atoms with van der Waals surface area (Å²) in [4.78, 5) is 19.2. The fourth-order valence-corrected chi connectivity index (χ4v) is 3.62. The van der Waals surface area contributed by atoms with Crippen LogP contribution in [0.15, 0.2) is 28.0 Å². The van der Waals surface area contributed by atoms with Crippen molar-refractivity contribution in [1.29, 1.82) is 0 Å². The molecular formula is C22H40IN5O. The first-order chi connectivity index (χ1) is 13.6. The summed E-state index contributed by atoms with van der Waals surface area (Å²) in [7, 11) is 0. The first-order valence-corrected chi connectivity index (χ1v) is 11.0. The number of pyridine rings is 1. The van der Waals surface area contributed by atoms with E-state index in [0.29, 0.717) is 0 Å². The Morgan fingerprint density at radius 3 is 2.59 bits per heavy atom. The number of unbranched alkanes of at least 4 members (excludes halogenated alkanes) is 1. The lowest BCUT2D eigenvalue weighted by Gasteiger charge is -2.29. The summed E-state index contributed by atoms with van der Waals surface area (Å²) in [6.07, 6.45) is 5.77. The summed E-state index contributed by atoms with van der Waals surface area (Å²) in [6, 6.07) is 5.44. The molecule has 7 heteroatoms. The highest BCUT2D eigenvalue weighted by Crippen LogP contribution is 2.15. The number of likely N-dealkylation sites (tertiary alicyclic amines) is 1. The third-order valence-corrected chi connectivity index (χ3v) is 5.49. The third-order valence-electron chi connectivity index (χ3n) is 5.49. The monoisotopic (exact) mass is 517 g/mol. The summed E-state index contributed by atoms with van der Waals surface area (Å²) in [5.74, 6) is 1.80. The van der Waals surface area contributed by atoms with Gasteiger partial charge in [0.1, 0.15) is 0 Å². The maximum Gasteiger partial charge on any atom is 0.250 e. The van der Waals surface area contributed by atoms with Gasteiger partial charge in [-0.3, -0.25) is 9.79 Å². The van der Waals surface area contributed by atoms with Gasteiger partial charge in [-0.15, -0.1) is 24.0 Å². The molecule has 1 aliphatic rings. The van der Waals surface area contributed by atoms with Crippen molar-refractivity contribution in [2.45, 2.75) is 59.4 Å². The highest BCUT2D eigenvalue weighted by molar-refractivity contribution is 14.0. The van der Waals surface area contributed by atoms with Crippen LogP contribution in [-0.2, 0) is 6.54 Å². The van der Waals surface area contributed by atoms with Crippen molar-refractivity contribution in [1.82, 2.24) is 20.1 Å². The minimum Gasteiger partial charge on any atom is -0.357 e. The molecule has 166 valence electrons. The molecule has 0 radical (unpaired) electrons. The van der Waals surface area contributed by atoms with Crippen LogP contribution in [0.5, 0.6) is 0 Å². The predicted octanol–water partition coefficient (Wildman–Crippen LogP) is 3.23. The second-order valence-electron chi connectivity index (χ2n) is 7.93. The highest BCUT2D eigenvalue weighted by Gasteiger charge is 2.14. The van der Waals surface area contributed by atoms with Crippen molar-refractivity contribution in [2.75, 3.05) is 39.3 Å². The number of halogens is 1. The van der Waals surface area contributed by atoms with Crippen LogP contribution in [0.25, 0.3) is 0 Å². The van der Waals surface area contributed by atoms with Crippen molar-refractivity contribution in [3.63, 3.8) is 0 Å². The van der Waals surface area contributed by atoms with Gasteiger partial charge in [0.05, 0.1) is 0 Å². The van der Waals surface area contributed by atoms with Crippen LogP contribution in [0.1, 0.15) is 51.6 Å². The van der Waals surface area contributed by atoms with E-state index in [-0.39, 0.29) is 29.5 Å². The molecule has 0 aliphatic carbocycles. The molecule has 0 bridgehead atoms. The molecule has 2 rings (SSSR count). The van der Waals surface area contributed by atoms with Crippen LogP contribution in [0, 0.1) is 12.8 Å². The zero-order valence-electron chi connectivity index (χ0n) is 18.5. The molecule has 1 fully saturated rings. The van der Waals surface area contributed by atoms with E-state index in [2.05, 4.69) is 29.4 Å². The van der Waals surface area contributed by atoms with E-state index in [4.69, 9.17) is 4.99 Å². The molecule has 0 amide bonds. The number of aliphatic imine (C=N–C) groups is 1. The zero-order valence-corrected chi connectivity index (χ0v) is 20.8. The van der Waals surface area contributed by atoms with Gasteiger partial charge < -0.3 is 20.1 Å². The maximum absolute atomic E-state index is 11.9. The smallest absolute Gasteiger partial charge is 0.250 e. The predicted molar refractivity (Wildman–Crippen MR) is 134 cm³/mol. The van der Waals surface area contributed by atoms with Crippen molar-refractivity contribution < 1.29 is 0 Å². The molecule has 0 unspecified atom stereocenters. The molecule has 0 spiro atoms. The molecule has 0 atom stereocenters. The van der Waals surface area contributed by atoms with Crippen LogP contribution in [0.2, 0.25) is 0 Å². The van der Waals surface area contributed by atoms with E-state index in [1.54, 1.807) is 6.07 Å². The molecule has 1 aromatic rings. The molecule has 1 aliphatic heterocycles. The Morgan fingerprint density at radius 1 is 1.14 bits per heavy atom. The Labute approximate surface area is 193 Å². The highest BCUT2D eigenvalue weighted by atomic mass is 127. The number of hydrogen-bond acceptors (Lipinski definition) is 3. The topological polar surface area (TPSA) is 61.7 Å². The SMILES string of the molecule is CCNC(=NCCCN1CCC(C)CC1)NCCCCn1c(C)cccc1=O.I. The minimum absolute atomic E-state index is 0. The first-order valence-electron chi connectivity index (χ1n) is 11.0. The molecule has 1 saturated heterocycles. The van der Waals surface area contributed by atoms with Gasteiger partial charge in [0.25, 0.3) is 5.56 Å². The van der Waals surface area contributed by atoms with Gasteiger partial charge in [-0.2, -0.15) is 0 Å². The largest absolute Gasteiger partial charge is 0.357 e. The second-order valence-corrected chi connectivity index (χ2v) is 7.93. The summed E-state index contributed by atoms with van der Waals surface area (Å²) >= 11 is 0. The normalized spacial score (nSPS) is 15.8. The Kier molecular flexibility index (Phi) is 13.3. The Hall–Kier alpha value is -1.09. The van der Waals surface area contributed by atoms with E-state index in [9.17, 15) is 4.79 Å². The average molecular weight is 518 g/mol. The number of guanidine groups is 1. The van der Waals surface area contributed by atoms with Gasteiger partial charge in [0, 0.05) is 37.9 Å². The summed E-state index contributed by atoms with van der Waals surface area (Å²) in [5.41, 5.74) is 1.12. The Morgan fingerprint density at radius 2 is 1.90 bits per heavy atom. The summed E-state index contributed by atoms with van der Waals surface area (Å²) in [5, 5.41) is 6.74. The van der Waals surface area contributed by atoms with Crippen molar-refractivity contribution in [2.24, 2.45) is 10.9 Å². The molecular weight excluding hydrogens is 477 g/mol. The van der Waals surface area contributed by atoms with Gasteiger partial charge in [-0.25, -0.2) is 0 Å². The number of aromatic nitrogens is 1. The van der Waals surface area contributed by atoms with Crippen LogP contribution >= 0.6 is 24.0 Å². The lowest BCUT2D eigenvalue weighted by atomic mass is 9.99. The standard InChI is InChI=1S/C22H39N5O.HI/c1-4-23-22(25-14-8-15-26-17-11-19(2)12-18-26)24-13-5-6-16-27-20(3)9-7-10-21(27)28;/h7,9-10,19H,4-6,8,11-18H2,1-3H3,(H2,23,24,25);1H. The van der Waals surface area contributed by atoms with Gasteiger partial charge >= 0.3 is 0 Å². The number of nitrogens with one attached hydrogen (secondary N) is 2. The maximum atomic E-state index is 11.9. The number of nitrogens with zero attached hydrogens (tertiary/aromatic N) is 3. The lowest BCUT2D eigenvalue weighted by molar-refractivity contribution is 0.192. The molecule has 0 aromatic carbocycles. The number of piperidine rings is 1. The van der Waals surface area contributed by atoms with Gasteiger partial charge in [-0.1, -0.05) is 13.0 Å². The van der Waals surface area contributed by atoms with Crippen LogP contribution < -0.4 is 16.2 Å². The minimum atomic E-state index is 0. The molecule has 1 aromatic heterocycles. The van der Waals surface area contributed by atoms with Crippen LogP contribution in [0.4, 0.5) is 0 Å². The first kappa shape index (κ1) is 25.9. The zero-order chi connectivity index (χ0) is 20.2. The van der Waals surface area contributed by atoms with E-state index < -0.39 is 0 Å². The molecule has 29 heavy (non-hydrogen) atoms. The molecule has 6 nitrogen and oxygen atoms in total. The van der Waals surface area contributed by atoms with Crippen LogP contribution in [0.3, 0.4) is 0 Å². The van der Waals surface area contributed by atoms with E-state index in [1.807, 2.05) is 23.6 Å². The summed E-state index contributed by atoms with van der Waals surface area (Å²) in [6.45, 7) is 13.5.